The lowest BCUT2D eigenvalue weighted by Crippen LogP contribution is -2.13. The molecule has 3 N–H and O–H groups in total. The third-order valence-electron chi connectivity index (χ3n) is 2.94. The number of benzene rings is 2. The molecule has 0 unspecified atom stereocenters. The number of nitrogen functional groups attached to an aromatic ring is 1. The van der Waals surface area contributed by atoms with Gasteiger partial charge in [-0.15, -0.1) is 0 Å². The fraction of sp³-hybridized carbons (Fsp3) is 0.188. The molecule has 0 spiro atoms. The molecule has 21 heavy (non-hydrogen) atoms. The summed E-state index contributed by atoms with van der Waals surface area (Å²) in [7, 11) is 0. The zero-order chi connectivity index (χ0) is 15.4. The molecule has 1 amide bonds. The molecule has 2 rings (SSSR count). The highest BCUT2D eigenvalue weighted by Gasteiger charge is 2.11. The van der Waals surface area contributed by atoms with Crippen LogP contribution in [0.25, 0.3) is 0 Å². The normalized spacial score (nSPS) is 10.2. The molecule has 0 saturated heterocycles. The van der Waals surface area contributed by atoms with Gasteiger partial charge in [0.25, 0.3) is 5.91 Å². The van der Waals surface area contributed by atoms with Gasteiger partial charge in [0.05, 0.1) is 18.0 Å². The maximum Gasteiger partial charge on any atom is 0.255 e. The zero-order valence-electron chi connectivity index (χ0n) is 11.9. The molecule has 4 nitrogen and oxygen atoms in total. The molecular formula is C16H17FN2O2. The van der Waals surface area contributed by atoms with Crippen molar-refractivity contribution in [3.63, 3.8) is 0 Å². The van der Waals surface area contributed by atoms with Crippen molar-refractivity contribution < 1.29 is 13.9 Å². The first-order chi connectivity index (χ1) is 10.0. The van der Waals surface area contributed by atoms with Crippen molar-refractivity contribution in [1.29, 1.82) is 0 Å². The number of carbonyl (C=O) groups is 1. The topological polar surface area (TPSA) is 64.3 Å². The van der Waals surface area contributed by atoms with Gasteiger partial charge < -0.3 is 15.8 Å². The first-order valence-electron chi connectivity index (χ1n) is 6.61. The number of anilines is 2. The number of amides is 1. The van der Waals surface area contributed by atoms with E-state index in [-0.39, 0.29) is 5.69 Å². The minimum atomic E-state index is -0.479. The van der Waals surface area contributed by atoms with E-state index in [1.807, 2.05) is 13.8 Å². The van der Waals surface area contributed by atoms with E-state index in [1.165, 1.54) is 12.1 Å². The van der Waals surface area contributed by atoms with Gasteiger partial charge >= 0.3 is 0 Å². The molecule has 0 heterocycles. The van der Waals surface area contributed by atoms with Crippen molar-refractivity contribution in [3.8, 4) is 5.75 Å². The number of hydrogen-bond donors (Lipinski definition) is 2. The molecule has 0 aromatic heterocycles. The number of carbonyl (C=O) groups excluding carboxylic acids is 1. The van der Waals surface area contributed by atoms with Crippen LogP contribution in [-0.4, -0.2) is 12.5 Å². The van der Waals surface area contributed by atoms with Crippen molar-refractivity contribution in [1.82, 2.24) is 0 Å². The van der Waals surface area contributed by atoms with Crippen LogP contribution in [0.15, 0.2) is 36.4 Å². The first-order valence-corrected chi connectivity index (χ1v) is 6.61. The zero-order valence-corrected chi connectivity index (χ0v) is 11.9. The van der Waals surface area contributed by atoms with E-state index in [0.717, 1.165) is 5.56 Å². The monoisotopic (exact) mass is 288 g/mol. The molecule has 110 valence electrons. The number of aryl methyl sites for hydroxylation is 1. The molecule has 0 bridgehead atoms. The lowest BCUT2D eigenvalue weighted by Gasteiger charge is -2.10. The highest BCUT2D eigenvalue weighted by atomic mass is 19.1. The van der Waals surface area contributed by atoms with Crippen LogP contribution in [0.3, 0.4) is 0 Å². The van der Waals surface area contributed by atoms with E-state index >= 15 is 0 Å². The van der Waals surface area contributed by atoms with Crippen LogP contribution in [-0.2, 0) is 0 Å². The number of nitrogens with one attached hydrogen (secondary N) is 1. The van der Waals surface area contributed by atoms with E-state index < -0.39 is 11.7 Å². The van der Waals surface area contributed by atoms with Gasteiger partial charge in [0, 0.05) is 5.56 Å². The van der Waals surface area contributed by atoms with E-state index in [0.29, 0.717) is 23.6 Å². The summed E-state index contributed by atoms with van der Waals surface area (Å²) < 4.78 is 18.9. The molecule has 0 aliphatic rings. The second-order valence-electron chi connectivity index (χ2n) is 4.62. The van der Waals surface area contributed by atoms with Gasteiger partial charge in [-0.1, -0.05) is 6.07 Å². The summed E-state index contributed by atoms with van der Waals surface area (Å²) >= 11 is 0. The number of ether oxygens (including phenoxy) is 1. The highest BCUT2D eigenvalue weighted by Crippen LogP contribution is 2.23. The smallest absolute Gasteiger partial charge is 0.255 e. The van der Waals surface area contributed by atoms with Crippen molar-refractivity contribution in [3.05, 3.63) is 53.3 Å². The molecule has 2 aromatic rings. The van der Waals surface area contributed by atoms with Crippen LogP contribution < -0.4 is 15.8 Å². The molecule has 5 heteroatoms. The van der Waals surface area contributed by atoms with Crippen LogP contribution in [0.2, 0.25) is 0 Å². The summed E-state index contributed by atoms with van der Waals surface area (Å²) in [6.45, 7) is 4.16. The fourth-order valence-electron chi connectivity index (χ4n) is 1.91. The molecular weight excluding hydrogens is 271 g/mol. The third-order valence-corrected chi connectivity index (χ3v) is 2.94. The molecule has 0 aliphatic carbocycles. The van der Waals surface area contributed by atoms with Gasteiger partial charge in [-0.05, 0) is 49.7 Å². The number of rotatable bonds is 4. The summed E-state index contributed by atoms with van der Waals surface area (Å²) in [4.78, 5) is 12.1. The van der Waals surface area contributed by atoms with Crippen LogP contribution in [0.1, 0.15) is 22.8 Å². The summed E-state index contributed by atoms with van der Waals surface area (Å²) in [5.74, 6) is -0.377. The standard InChI is InChI=1S/C16H17FN2O2/c1-3-21-15-7-5-11(9-13(15)18)16(20)19-14-8-10(2)4-6-12(14)17/h4-9H,3,18H2,1-2H3,(H,19,20). The minimum absolute atomic E-state index is 0.146. The van der Waals surface area contributed by atoms with Gasteiger partial charge in [-0.2, -0.15) is 0 Å². The Kier molecular flexibility index (Phi) is 4.42. The largest absolute Gasteiger partial charge is 0.492 e. The quantitative estimate of drug-likeness (QED) is 0.848. The fourth-order valence-corrected chi connectivity index (χ4v) is 1.91. The van der Waals surface area contributed by atoms with Gasteiger partial charge in [0.15, 0.2) is 0 Å². The van der Waals surface area contributed by atoms with E-state index in [1.54, 1.807) is 24.3 Å². The predicted octanol–water partition coefficient (Wildman–Crippen LogP) is 3.37. The van der Waals surface area contributed by atoms with Crippen molar-refractivity contribution in [2.45, 2.75) is 13.8 Å². The Balaban J connectivity index is 2.20. The number of nitrogens with two attached hydrogens (primary N) is 1. The van der Waals surface area contributed by atoms with E-state index in [9.17, 15) is 9.18 Å². The predicted molar refractivity (Wildman–Crippen MR) is 81.1 cm³/mol. The number of hydrogen-bond acceptors (Lipinski definition) is 3. The average molecular weight is 288 g/mol. The highest BCUT2D eigenvalue weighted by molar-refractivity contribution is 6.05. The lowest BCUT2D eigenvalue weighted by atomic mass is 10.1. The molecule has 0 saturated carbocycles. The molecule has 2 aromatic carbocycles. The summed E-state index contributed by atoms with van der Waals surface area (Å²) in [6.07, 6.45) is 0. The van der Waals surface area contributed by atoms with Crippen LogP contribution in [0.5, 0.6) is 5.75 Å². The first kappa shape index (κ1) is 14.8. The van der Waals surface area contributed by atoms with Crippen molar-refractivity contribution in [2.24, 2.45) is 0 Å². The Morgan fingerprint density at radius 2 is 2.05 bits per heavy atom. The maximum atomic E-state index is 13.6. The Bertz CT molecular complexity index is 671. The van der Waals surface area contributed by atoms with Gasteiger partial charge in [-0.3, -0.25) is 4.79 Å². The third kappa shape index (κ3) is 3.51. The summed E-state index contributed by atoms with van der Waals surface area (Å²) in [6, 6.07) is 9.25. The van der Waals surface area contributed by atoms with Crippen LogP contribution >= 0.6 is 0 Å². The van der Waals surface area contributed by atoms with Gasteiger partial charge in [0.2, 0.25) is 0 Å². The SMILES string of the molecule is CCOc1ccc(C(=O)Nc2cc(C)ccc2F)cc1N. The summed E-state index contributed by atoms with van der Waals surface area (Å²) in [5.41, 5.74) is 7.53. The Hall–Kier alpha value is -2.56. The van der Waals surface area contributed by atoms with E-state index in [2.05, 4.69) is 5.32 Å². The van der Waals surface area contributed by atoms with Gasteiger partial charge in [0.1, 0.15) is 11.6 Å². The van der Waals surface area contributed by atoms with Crippen molar-refractivity contribution >= 4 is 17.3 Å². The van der Waals surface area contributed by atoms with Gasteiger partial charge in [-0.25, -0.2) is 4.39 Å². The Labute approximate surface area is 122 Å². The molecule has 0 atom stereocenters. The van der Waals surface area contributed by atoms with Crippen molar-refractivity contribution in [2.75, 3.05) is 17.7 Å². The Morgan fingerprint density at radius 3 is 2.71 bits per heavy atom. The molecule has 0 radical (unpaired) electrons. The molecule has 0 aliphatic heterocycles. The average Bonchev–Trinajstić information content (AvgIpc) is 2.45. The second kappa shape index (κ2) is 6.26. The van der Waals surface area contributed by atoms with Crippen LogP contribution in [0, 0.1) is 12.7 Å². The van der Waals surface area contributed by atoms with Crippen LogP contribution in [0.4, 0.5) is 15.8 Å². The maximum absolute atomic E-state index is 13.6. The molecule has 0 fully saturated rings. The van der Waals surface area contributed by atoms with E-state index in [4.69, 9.17) is 10.5 Å². The minimum Gasteiger partial charge on any atom is -0.492 e. The Morgan fingerprint density at radius 1 is 1.29 bits per heavy atom. The number of halogens is 1. The second-order valence-corrected chi connectivity index (χ2v) is 4.62. The lowest BCUT2D eigenvalue weighted by molar-refractivity contribution is 0.102. The summed E-state index contributed by atoms with van der Waals surface area (Å²) in [5, 5.41) is 2.54.